The molecule has 33 heavy (non-hydrogen) atoms. The molecule has 1 heterocycles. The number of ketones is 1. The maximum atomic E-state index is 12.8. The summed E-state index contributed by atoms with van der Waals surface area (Å²) < 4.78 is 2.03. The number of nitriles is 1. The molecule has 0 fully saturated rings. The molecule has 1 N–H and O–H groups in total. The molecule has 0 saturated heterocycles. The molecule has 0 aliphatic heterocycles. The summed E-state index contributed by atoms with van der Waals surface area (Å²) >= 11 is 0. The molecule has 0 unspecified atom stereocenters. The fraction of sp³-hybridized carbons (Fsp3) is 0.107. The van der Waals surface area contributed by atoms with Crippen molar-refractivity contribution in [3.05, 3.63) is 101 Å². The Morgan fingerprint density at radius 1 is 0.939 bits per heavy atom. The highest BCUT2D eigenvalue weighted by Gasteiger charge is 2.14. The van der Waals surface area contributed by atoms with Gasteiger partial charge in [-0.15, -0.1) is 0 Å². The fourth-order valence-corrected chi connectivity index (χ4v) is 3.95. The first-order valence-electron chi connectivity index (χ1n) is 10.6. The molecule has 0 spiro atoms. The van der Waals surface area contributed by atoms with Crippen LogP contribution in [0.15, 0.2) is 78.4 Å². The van der Waals surface area contributed by atoms with E-state index in [4.69, 9.17) is 0 Å². The Bertz CT molecular complexity index is 1450. The van der Waals surface area contributed by atoms with Gasteiger partial charge in [-0.05, 0) is 85.6 Å². The number of nitrogens with one attached hydrogen (secondary N) is 1. The first-order valence-corrected chi connectivity index (χ1v) is 10.6. The van der Waals surface area contributed by atoms with Crippen LogP contribution in [-0.4, -0.2) is 16.3 Å². The van der Waals surface area contributed by atoms with Gasteiger partial charge >= 0.3 is 0 Å². The molecule has 1 amide bonds. The van der Waals surface area contributed by atoms with E-state index in [1.54, 1.807) is 18.2 Å². The summed E-state index contributed by atoms with van der Waals surface area (Å²) in [6.45, 7) is 5.44. The molecule has 1 aromatic heterocycles. The number of aromatic nitrogens is 1. The van der Waals surface area contributed by atoms with Crippen LogP contribution in [0.5, 0.6) is 0 Å². The average Bonchev–Trinajstić information content (AvgIpc) is 3.09. The largest absolute Gasteiger partial charge is 0.321 e. The molecule has 162 valence electrons. The number of amides is 1. The van der Waals surface area contributed by atoms with Crippen LogP contribution in [0.4, 0.5) is 5.69 Å². The van der Waals surface area contributed by atoms with E-state index < -0.39 is 5.91 Å². The van der Waals surface area contributed by atoms with Gasteiger partial charge < -0.3 is 9.88 Å². The number of nitrogens with zero attached hydrogens (tertiary/aromatic N) is 2. The predicted octanol–water partition coefficient (Wildman–Crippen LogP) is 6.00. The Kier molecular flexibility index (Phi) is 5.93. The van der Waals surface area contributed by atoms with E-state index in [1.807, 2.05) is 85.1 Å². The van der Waals surface area contributed by atoms with E-state index in [0.29, 0.717) is 11.3 Å². The minimum atomic E-state index is -0.455. The average molecular weight is 434 g/mol. The van der Waals surface area contributed by atoms with Gasteiger partial charge in [-0.2, -0.15) is 5.26 Å². The van der Waals surface area contributed by atoms with E-state index in [0.717, 1.165) is 33.4 Å². The Morgan fingerprint density at radius 3 is 2.30 bits per heavy atom. The molecule has 4 aromatic rings. The van der Waals surface area contributed by atoms with E-state index in [1.165, 1.54) is 6.92 Å². The molecule has 4 rings (SSSR count). The molecule has 0 saturated carbocycles. The Balaban J connectivity index is 1.62. The van der Waals surface area contributed by atoms with Crippen molar-refractivity contribution in [1.82, 2.24) is 4.57 Å². The van der Waals surface area contributed by atoms with Crippen LogP contribution in [0.2, 0.25) is 0 Å². The van der Waals surface area contributed by atoms with Crippen molar-refractivity contribution in [2.75, 3.05) is 5.32 Å². The number of carbonyl (C=O) groups is 2. The van der Waals surface area contributed by atoms with Crippen molar-refractivity contribution in [2.45, 2.75) is 20.8 Å². The van der Waals surface area contributed by atoms with Crippen LogP contribution in [-0.2, 0) is 4.79 Å². The normalized spacial score (nSPS) is 11.3. The van der Waals surface area contributed by atoms with Gasteiger partial charge in [0.2, 0.25) is 0 Å². The molecule has 5 heteroatoms. The number of aryl methyl sites for hydroxylation is 1. The SMILES string of the molecule is CC(=O)c1ccc(-n2c(C)cc(/C=C(\C#N)C(=O)Nc3ccc4ccccc4c3)c2C)cc1. The first-order chi connectivity index (χ1) is 15.9. The number of hydrogen-bond donors (Lipinski definition) is 1. The first kappa shape index (κ1) is 21.8. The minimum Gasteiger partial charge on any atom is -0.321 e. The molecule has 0 atom stereocenters. The highest BCUT2D eigenvalue weighted by Crippen LogP contribution is 2.24. The Hall–Kier alpha value is -4.43. The van der Waals surface area contributed by atoms with E-state index in [9.17, 15) is 14.9 Å². The van der Waals surface area contributed by atoms with Crippen molar-refractivity contribution >= 4 is 34.2 Å². The van der Waals surface area contributed by atoms with Gasteiger partial charge in [0.1, 0.15) is 11.6 Å². The maximum absolute atomic E-state index is 12.8. The molecule has 0 aliphatic carbocycles. The molecule has 3 aromatic carbocycles. The monoisotopic (exact) mass is 433 g/mol. The lowest BCUT2D eigenvalue weighted by Gasteiger charge is -2.10. The zero-order chi connectivity index (χ0) is 23.5. The summed E-state index contributed by atoms with van der Waals surface area (Å²) in [5.41, 5.74) is 4.86. The smallest absolute Gasteiger partial charge is 0.266 e. The van der Waals surface area contributed by atoms with Crippen molar-refractivity contribution in [1.29, 1.82) is 5.26 Å². The van der Waals surface area contributed by atoms with Crippen LogP contribution in [0, 0.1) is 25.2 Å². The quantitative estimate of drug-likeness (QED) is 0.238. The van der Waals surface area contributed by atoms with Gasteiger partial charge in [-0.25, -0.2) is 0 Å². The number of anilines is 1. The highest BCUT2D eigenvalue weighted by molar-refractivity contribution is 6.10. The van der Waals surface area contributed by atoms with Gasteiger partial charge in [0.25, 0.3) is 5.91 Å². The standard InChI is InChI=1S/C28H23N3O2/c1-18-14-24(19(2)31(18)27-12-9-21(10-13-27)20(3)32)15-25(17-29)28(33)30-26-11-8-22-6-4-5-7-23(22)16-26/h4-16H,1-3H3,(H,30,33)/b25-15+. The number of benzene rings is 3. The summed E-state index contributed by atoms with van der Waals surface area (Å²) in [5, 5.41) is 14.6. The number of rotatable bonds is 5. The van der Waals surface area contributed by atoms with E-state index >= 15 is 0 Å². The summed E-state index contributed by atoms with van der Waals surface area (Å²) in [4.78, 5) is 24.4. The second-order valence-corrected chi connectivity index (χ2v) is 7.95. The third kappa shape index (κ3) is 4.46. The van der Waals surface area contributed by atoms with Crippen LogP contribution >= 0.6 is 0 Å². The Labute approximate surface area is 192 Å². The second kappa shape index (κ2) is 8.97. The summed E-state index contributed by atoms with van der Waals surface area (Å²) in [6.07, 6.45) is 1.61. The van der Waals surface area contributed by atoms with Gasteiger partial charge in [0.05, 0.1) is 0 Å². The third-order valence-electron chi connectivity index (χ3n) is 5.67. The van der Waals surface area contributed by atoms with Crippen molar-refractivity contribution < 1.29 is 9.59 Å². The maximum Gasteiger partial charge on any atom is 0.266 e. The Morgan fingerprint density at radius 2 is 1.64 bits per heavy atom. The van der Waals surface area contributed by atoms with Crippen molar-refractivity contribution in [2.24, 2.45) is 0 Å². The zero-order valence-electron chi connectivity index (χ0n) is 18.7. The molecule has 5 nitrogen and oxygen atoms in total. The van der Waals surface area contributed by atoms with Crippen LogP contribution in [0.3, 0.4) is 0 Å². The topological polar surface area (TPSA) is 74.9 Å². The van der Waals surface area contributed by atoms with E-state index in [-0.39, 0.29) is 11.4 Å². The molecule has 0 bridgehead atoms. The van der Waals surface area contributed by atoms with Crippen LogP contribution in [0.1, 0.15) is 34.2 Å². The van der Waals surface area contributed by atoms with Crippen molar-refractivity contribution in [3.8, 4) is 11.8 Å². The van der Waals surface area contributed by atoms with Gasteiger partial charge in [-0.3, -0.25) is 9.59 Å². The summed E-state index contributed by atoms with van der Waals surface area (Å²) in [7, 11) is 0. The van der Waals surface area contributed by atoms with Gasteiger partial charge in [-0.1, -0.05) is 30.3 Å². The zero-order valence-corrected chi connectivity index (χ0v) is 18.7. The fourth-order valence-electron chi connectivity index (χ4n) is 3.95. The molecule has 0 radical (unpaired) electrons. The predicted molar refractivity (Wildman–Crippen MR) is 131 cm³/mol. The third-order valence-corrected chi connectivity index (χ3v) is 5.67. The molecule has 0 aliphatic rings. The number of Topliss-reactive ketones (excluding diaryl/α,β-unsaturated/α-hetero) is 1. The van der Waals surface area contributed by atoms with Crippen molar-refractivity contribution in [3.63, 3.8) is 0 Å². The number of carbonyl (C=O) groups excluding carboxylic acids is 2. The lowest BCUT2D eigenvalue weighted by molar-refractivity contribution is -0.112. The number of fused-ring (bicyclic) bond motifs is 1. The van der Waals surface area contributed by atoms with Gasteiger partial charge in [0, 0.05) is 28.3 Å². The molecular weight excluding hydrogens is 410 g/mol. The highest BCUT2D eigenvalue weighted by atomic mass is 16.1. The minimum absolute atomic E-state index is 0.0159. The molecular formula is C28H23N3O2. The lowest BCUT2D eigenvalue weighted by Crippen LogP contribution is -2.13. The summed E-state index contributed by atoms with van der Waals surface area (Å²) in [6, 6.07) is 24.9. The van der Waals surface area contributed by atoms with Crippen LogP contribution in [0.25, 0.3) is 22.5 Å². The second-order valence-electron chi connectivity index (χ2n) is 7.95. The van der Waals surface area contributed by atoms with E-state index in [2.05, 4.69) is 5.32 Å². The number of hydrogen-bond acceptors (Lipinski definition) is 3. The summed E-state index contributed by atoms with van der Waals surface area (Å²) in [5.74, 6) is -0.439. The van der Waals surface area contributed by atoms with Crippen LogP contribution < -0.4 is 5.32 Å². The lowest BCUT2D eigenvalue weighted by atomic mass is 10.1. The van der Waals surface area contributed by atoms with Gasteiger partial charge in [0.15, 0.2) is 5.78 Å².